The van der Waals surface area contributed by atoms with Crippen LogP contribution in [-0.4, -0.2) is 23.7 Å². The van der Waals surface area contributed by atoms with Gasteiger partial charge in [0.25, 0.3) is 0 Å². The summed E-state index contributed by atoms with van der Waals surface area (Å²) in [4.78, 5) is 22.2. The molecule has 0 aliphatic carbocycles. The SMILES string of the molecule is CC(=O)OC/C=C1/OC(=O)C(N=Nc2ccccc2)=C1O. The molecule has 0 aromatic heterocycles. The number of carbonyl (C=O) groups excluding carboxylic acids is 2. The Hall–Kier alpha value is -2.96. The van der Waals surface area contributed by atoms with Crippen LogP contribution in [0.15, 0.2) is 63.9 Å². The molecule has 0 amide bonds. The molecule has 1 aliphatic heterocycles. The van der Waals surface area contributed by atoms with Crippen molar-refractivity contribution in [1.82, 2.24) is 0 Å². The fourth-order valence-electron chi connectivity index (χ4n) is 1.47. The van der Waals surface area contributed by atoms with Crippen molar-refractivity contribution in [2.24, 2.45) is 10.2 Å². The van der Waals surface area contributed by atoms with Gasteiger partial charge in [0, 0.05) is 6.92 Å². The second kappa shape index (κ2) is 6.47. The van der Waals surface area contributed by atoms with E-state index < -0.39 is 17.7 Å². The van der Waals surface area contributed by atoms with E-state index >= 15 is 0 Å². The Morgan fingerprint density at radius 2 is 2.05 bits per heavy atom. The first-order valence-electron chi connectivity index (χ1n) is 6.04. The molecule has 108 valence electrons. The number of hydrogen-bond acceptors (Lipinski definition) is 7. The molecule has 0 saturated heterocycles. The van der Waals surface area contributed by atoms with E-state index in [0.29, 0.717) is 5.69 Å². The van der Waals surface area contributed by atoms with Crippen LogP contribution < -0.4 is 0 Å². The molecule has 21 heavy (non-hydrogen) atoms. The zero-order chi connectivity index (χ0) is 15.2. The predicted octanol–water partition coefficient (Wildman–Crippen LogP) is 2.54. The van der Waals surface area contributed by atoms with Crippen LogP contribution in [0.4, 0.5) is 5.69 Å². The van der Waals surface area contributed by atoms with Crippen molar-refractivity contribution >= 4 is 17.6 Å². The lowest BCUT2D eigenvalue weighted by Crippen LogP contribution is -2.00. The minimum atomic E-state index is -0.818. The molecule has 0 atom stereocenters. The first-order valence-corrected chi connectivity index (χ1v) is 6.04. The molecule has 1 aromatic rings. The lowest BCUT2D eigenvalue weighted by Gasteiger charge is -1.98. The first kappa shape index (κ1) is 14.4. The third-order valence-electron chi connectivity index (χ3n) is 2.43. The topological polar surface area (TPSA) is 97.6 Å². The van der Waals surface area contributed by atoms with Crippen molar-refractivity contribution in [3.63, 3.8) is 0 Å². The largest absolute Gasteiger partial charge is 0.503 e. The minimum Gasteiger partial charge on any atom is -0.503 e. The smallest absolute Gasteiger partial charge is 0.368 e. The Kier molecular flexibility index (Phi) is 4.45. The lowest BCUT2D eigenvalue weighted by atomic mass is 10.3. The third kappa shape index (κ3) is 3.75. The molecule has 7 nitrogen and oxygen atoms in total. The van der Waals surface area contributed by atoms with Gasteiger partial charge in [-0.05, 0) is 18.2 Å². The molecule has 0 bridgehead atoms. The van der Waals surface area contributed by atoms with Gasteiger partial charge in [0.15, 0.2) is 11.5 Å². The van der Waals surface area contributed by atoms with Gasteiger partial charge in [-0.25, -0.2) is 4.79 Å². The molecule has 1 aromatic carbocycles. The van der Waals surface area contributed by atoms with E-state index in [0.717, 1.165) is 0 Å². The second-order valence-electron chi connectivity index (χ2n) is 3.99. The number of benzene rings is 1. The van der Waals surface area contributed by atoms with E-state index in [1.54, 1.807) is 24.3 Å². The number of carbonyl (C=O) groups is 2. The van der Waals surface area contributed by atoms with E-state index in [2.05, 4.69) is 15.0 Å². The fraction of sp³-hybridized carbons (Fsp3) is 0.143. The van der Waals surface area contributed by atoms with Gasteiger partial charge in [0.2, 0.25) is 5.70 Å². The van der Waals surface area contributed by atoms with Gasteiger partial charge >= 0.3 is 11.9 Å². The summed E-state index contributed by atoms with van der Waals surface area (Å²) >= 11 is 0. The highest BCUT2D eigenvalue weighted by molar-refractivity contribution is 5.93. The van der Waals surface area contributed by atoms with E-state index in [1.165, 1.54) is 13.0 Å². The molecule has 7 heteroatoms. The molecular weight excluding hydrogens is 276 g/mol. The van der Waals surface area contributed by atoms with Crippen molar-refractivity contribution in [1.29, 1.82) is 0 Å². The monoisotopic (exact) mass is 288 g/mol. The Balaban J connectivity index is 2.14. The summed E-state index contributed by atoms with van der Waals surface area (Å²) in [5, 5.41) is 17.3. The van der Waals surface area contributed by atoms with E-state index in [9.17, 15) is 14.7 Å². The summed E-state index contributed by atoms with van der Waals surface area (Å²) in [6.07, 6.45) is 1.26. The number of aliphatic hydroxyl groups excluding tert-OH is 1. The van der Waals surface area contributed by atoms with Crippen molar-refractivity contribution < 1.29 is 24.2 Å². The Morgan fingerprint density at radius 1 is 1.33 bits per heavy atom. The molecule has 1 N–H and O–H groups in total. The highest BCUT2D eigenvalue weighted by atomic mass is 16.6. The third-order valence-corrected chi connectivity index (χ3v) is 2.43. The number of rotatable bonds is 4. The lowest BCUT2D eigenvalue weighted by molar-refractivity contribution is -0.139. The van der Waals surface area contributed by atoms with Crippen LogP contribution in [0.5, 0.6) is 0 Å². The number of aliphatic hydroxyl groups is 1. The summed E-state index contributed by atoms with van der Waals surface area (Å²) < 4.78 is 9.47. The normalized spacial score (nSPS) is 16.6. The van der Waals surface area contributed by atoms with Crippen molar-refractivity contribution in [2.75, 3.05) is 6.61 Å². The van der Waals surface area contributed by atoms with E-state index in [1.807, 2.05) is 6.07 Å². The van der Waals surface area contributed by atoms with E-state index in [4.69, 9.17) is 4.74 Å². The van der Waals surface area contributed by atoms with Gasteiger partial charge in [-0.3, -0.25) is 4.79 Å². The van der Waals surface area contributed by atoms with Gasteiger partial charge in [0.1, 0.15) is 6.61 Å². The molecule has 0 radical (unpaired) electrons. The van der Waals surface area contributed by atoms with Crippen LogP contribution in [0.1, 0.15) is 6.92 Å². The number of esters is 2. The van der Waals surface area contributed by atoms with Gasteiger partial charge in [-0.1, -0.05) is 18.2 Å². The maximum absolute atomic E-state index is 11.6. The molecule has 2 rings (SSSR count). The highest BCUT2D eigenvalue weighted by Crippen LogP contribution is 2.26. The summed E-state index contributed by atoms with van der Waals surface area (Å²) in [5.74, 6) is -1.85. The van der Waals surface area contributed by atoms with Crippen LogP contribution >= 0.6 is 0 Å². The van der Waals surface area contributed by atoms with E-state index in [-0.39, 0.29) is 18.1 Å². The Morgan fingerprint density at radius 3 is 2.71 bits per heavy atom. The molecule has 0 unspecified atom stereocenters. The zero-order valence-electron chi connectivity index (χ0n) is 11.1. The zero-order valence-corrected chi connectivity index (χ0v) is 11.1. The summed E-state index contributed by atoms with van der Waals surface area (Å²) in [5.41, 5.74) is 0.232. The quantitative estimate of drug-likeness (QED) is 0.678. The number of nitrogens with zero attached hydrogens (tertiary/aromatic N) is 2. The van der Waals surface area contributed by atoms with Gasteiger partial charge < -0.3 is 14.6 Å². The minimum absolute atomic E-state index is 0.108. The number of azo groups is 1. The summed E-state index contributed by atoms with van der Waals surface area (Å²) in [6, 6.07) is 8.73. The number of ether oxygens (including phenoxy) is 2. The standard InChI is InChI=1S/C14H12N2O5/c1-9(17)20-8-7-11-13(18)12(14(19)21-11)16-15-10-5-3-2-4-6-10/h2-7,18H,8H2,1H3/b11-7+,16-15?. The summed E-state index contributed by atoms with van der Waals surface area (Å²) in [6.45, 7) is 1.12. The second-order valence-corrected chi connectivity index (χ2v) is 3.99. The highest BCUT2D eigenvalue weighted by Gasteiger charge is 2.30. The molecule has 1 heterocycles. The molecule has 1 aliphatic rings. The van der Waals surface area contributed by atoms with Crippen molar-refractivity contribution in [3.8, 4) is 0 Å². The molecule has 0 fully saturated rings. The van der Waals surface area contributed by atoms with Gasteiger partial charge in [-0.2, -0.15) is 5.11 Å². The fourth-order valence-corrected chi connectivity index (χ4v) is 1.47. The van der Waals surface area contributed by atoms with Gasteiger partial charge in [-0.15, -0.1) is 5.11 Å². The first-order chi connectivity index (χ1) is 10.1. The molecular formula is C14H12N2O5. The van der Waals surface area contributed by atoms with Crippen LogP contribution in [0.3, 0.4) is 0 Å². The average molecular weight is 288 g/mol. The van der Waals surface area contributed by atoms with Gasteiger partial charge in [0.05, 0.1) is 5.69 Å². The number of hydrogen-bond donors (Lipinski definition) is 1. The maximum atomic E-state index is 11.6. The Bertz CT molecular complexity index is 647. The average Bonchev–Trinajstić information content (AvgIpc) is 2.72. The van der Waals surface area contributed by atoms with Crippen molar-refractivity contribution in [3.05, 3.63) is 53.6 Å². The number of cyclic esters (lactones) is 1. The molecule has 0 saturated carbocycles. The summed E-state index contributed by atoms with van der Waals surface area (Å²) in [7, 11) is 0. The predicted molar refractivity (Wildman–Crippen MR) is 71.4 cm³/mol. The van der Waals surface area contributed by atoms with Crippen LogP contribution in [-0.2, 0) is 19.1 Å². The Labute approximate surface area is 120 Å². The van der Waals surface area contributed by atoms with Crippen LogP contribution in [0.2, 0.25) is 0 Å². The van der Waals surface area contributed by atoms with Crippen LogP contribution in [0, 0.1) is 0 Å². The van der Waals surface area contributed by atoms with Crippen LogP contribution in [0.25, 0.3) is 0 Å². The van der Waals surface area contributed by atoms with Crippen molar-refractivity contribution in [2.45, 2.75) is 6.92 Å². The molecule has 0 spiro atoms. The maximum Gasteiger partial charge on any atom is 0.368 e.